The number of anilines is 1. The number of hydrogen-bond donors (Lipinski definition) is 2. The molecule has 0 fully saturated rings. The molecule has 0 spiro atoms. The van der Waals surface area contributed by atoms with Crippen molar-refractivity contribution in [1.82, 2.24) is 0 Å². The highest BCUT2D eigenvalue weighted by molar-refractivity contribution is 6.04. The minimum atomic E-state index is -1.04. The molecule has 5 nitrogen and oxygen atoms in total. The highest BCUT2D eigenvalue weighted by atomic mass is 16.5. The number of nitrogens with one attached hydrogen (secondary N) is 1. The third-order valence-electron chi connectivity index (χ3n) is 3.41. The molecule has 0 aliphatic rings. The first-order chi connectivity index (χ1) is 10.9. The quantitative estimate of drug-likeness (QED) is 0.887. The van der Waals surface area contributed by atoms with Gasteiger partial charge in [-0.05, 0) is 56.7 Å². The molecule has 2 aromatic rings. The van der Waals surface area contributed by atoms with Crippen molar-refractivity contribution < 1.29 is 19.4 Å². The molecular weight excluding hydrogens is 294 g/mol. The molecule has 0 saturated carbocycles. The highest BCUT2D eigenvalue weighted by Gasteiger charge is 2.13. The number of carboxylic acid groups (broad SMARTS) is 1. The Hall–Kier alpha value is -2.82. The van der Waals surface area contributed by atoms with Crippen molar-refractivity contribution in [2.24, 2.45) is 0 Å². The zero-order valence-corrected chi connectivity index (χ0v) is 13.3. The van der Waals surface area contributed by atoms with Gasteiger partial charge in [0.1, 0.15) is 5.75 Å². The van der Waals surface area contributed by atoms with Gasteiger partial charge in [-0.1, -0.05) is 17.7 Å². The van der Waals surface area contributed by atoms with Crippen LogP contribution in [0.2, 0.25) is 0 Å². The van der Waals surface area contributed by atoms with Crippen LogP contribution >= 0.6 is 0 Å². The van der Waals surface area contributed by atoms with E-state index in [2.05, 4.69) is 5.32 Å². The van der Waals surface area contributed by atoms with Gasteiger partial charge in [0.15, 0.2) is 6.10 Å². The fourth-order valence-corrected chi connectivity index (χ4v) is 2.09. The lowest BCUT2D eigenvalue weighted by Gasteiger charge is -2.11. The number of aryl methyl sites for hydroxylation is 2. The summed E-state index contributed by atoms with van der Waals surface area (Å²) < 4.78 is 5.23. The number of carboxylic acids is 1. The summed E-state index contributed by atoms with van der Waals surface area (Å²) >= 11 is 0. The van der Waals surface area contributed by atoms with Crippen molar-refractivity contribution in [3.05, 3.63) is 59.2 Å². The van der Waals surface area contributed by atoms with Crippen LogP contribution in [0, 0.1) is 13.8 Å². The molecule has 0 aliphatic carbocycles. The maximum atomic E-state index is 12.2. The Balaban J connectivity index is 2.06. The number of carbonyl (C=O) groups excluding carboxylic acids is 1. The second-order valence-corrected chi connectivity index (χ2v) is 5.40. The monoisotopic (exact) mass is 313 g/mol. The number of rotatable bonds is 5. The lowest BCUT2D eigenvalue weighted by atomic mass is 10.1. The standard InChI is InChI=1S/C18H19NO4/c1-11-4-9-16(12(2)10-11)19-17(20)14-5-7-15(8-6-14)23-13(3)18(21)22/h4-10,13H,1-3H3,(H,19,20)(H,21,22). The highest BCUT2D eigenvalue weighted by Crippen LogP contribution is 2.19. The van der Waals surface area contributed by atoms with E-state index >= 15 is 0 Å². The molecule has 1 amide bonds. The van der Waals surface area contributed by atoms with E-state index in [0.29, 0.717) is 11.3 Å². The van der Waals surface area contributed by atoms with Crippen LogP contribution in [-0.2, 0) is 4.79 Å². The Morgan fingerprint density at radius 3 is 2.30 bits per heavy atom. The molecule has 1 unspecified atom stereocenters. The van der Waals surface area contributed by atoms with Crippen molar-refractivity contribution in [3.8, 4) is 5.75 Å². The van der Waals surface area contributed by atoms with E-state index < -0.39 is 12.1 Å². The third kappa shape index (κ3) is 4.32. The Morgan fingerprint density at radius 1 is 1.09 bits per heavy atom. The second-order valence-electron chi connectivity index (χ2n) is 5.40. The number of amides is 1. The zero-order valence-electron chi connectivity index (χ0n) is 13.3. The molecule has 2 N–H and O–H groups in total. The number of hydrogen-bond acceptors (Lipinski definition) is 3. The third-order valence-corrected chi connectivity index (χ3v) is 3.41. The molecule has 0 radical (unpaired) electrons. The van der Waals surface area contributed by atoms with Gasteiger partial charge in [-0.2, -0.15) is 0 Å². The van der Waals surface area contributed by atoms with Gasteiger partial charge in [-0.15, -0.1) is 0 Å². The van der Waals surface area contributed by atoms with Crippen LogP contribution in [0.1, 0.15) is 28.4 Å². The zero-order chi connectivity index (χ0) is 17.0. The van der Waals surface area contributed by atoms with Gasteiger partial charge in [-0.25, -0.2) is 4.79 Å². The van der Waals surface area contributed by atoms with Gasteiger partial charge in [0.2, 0.25) is 0 Å². The van der Waals surface area contributed by atoms with E-state index in [4.69, 9.17) is 9.84 Å². The molecule has 120 valence electrons. The van der Waals surface area contributed by atoms with E-state index in [-0.39, 0.29) is 5.91 Å². The Bertz CT molecular complexity index is 722. The van der Waals surface area contributed by atoms with Gasteiger partial charge < -0.3 is 15.2 Å². The number of aliphatic carboxylic acids is 1. The lowest BCUT2D eigenvalue weighted by Crippen LogP contribution is -2.22. The first-order valence-corrected chi connectivity index (χ1v) is 7.25. The van der Waals surface area contributed by atoms with Gasteiger partial charge in [0, 0.05) is 11.3 Å². The van der Waals surface area contributed by atoms with Crippen LogP contribution in [0.5, 0.6) is 5.75 Å². The van der Waals surface area contributed by atoms with E-state index in [0.717, 1.165) is 16.8 Å². The van der Waals surface area contributed by atoms with Crippen LogP contribution in [0.25, 0.3) is 0 Å². The first-order valence-electron chi connectivity index (χ1n) is 7.25. The molecule has 5 heteroatoms. The van der Waals surface area contributed by atoms with Crippen LogP contribution in [0.4, 0.5) is 5.69 Å². The Labute approximate surface area is 134 Å². The topological polar surface area (TPSA) is 75.6 Å². The fourth-order valence-electron chi connectivity index (χ4n) is 2.09. The average Bonchev–Trinajstić information content (AvgIpc) is 2.50. The van der Waals surface area contributed by atoms with E-state index in [1.807, 2.05) is 32.0 Å². The summed E-state index contributed by atoms with van der Waals surface area (Å²) in [4.78, 5) is 23.0. The normalized spacial score (nSPS) is 11.6. The maximum Gasteiger partial charge on any atom is 0.344 e. The predicted molar refractivity (Wildman–Crippen MR) is 88.0 cm³/mol. The van der Waals surface area contributed by atoms with Crippen molar-refractivity contribution >= 4 is 17.6 Å². The molecule has 0 aliphatic heterocycles. The maximum absolute atomic E-state index is 12.2. The Morgan fingerprint density at radius 2 is 1.74 bits per heavy atom. The summed E-state index contributed by atoms with van der Waals surface area (Å²) in [6, 6.07) is 12.2. The van der Waals surface area contributed by atoms with Gasteiger partial charge in [0.05, 0.1) is 0 Å². The van der Waals surface area contributed by atoms with Gasteiger partial charge in [-0.3, -0.25) is 4.79 Å². The van der Waals surface area contributed by atoms with E-state index in [1.54, 1.807) is 24.3 Å². The van der Waals surface area contributed by atoms with Crippen LogP contribution < -0.4 is 10.1 Å². The van der Waals surface area contributed by atoms with E-state index in [9.17, 15) is 9.59 Å². The first kappa shape index (κ1) is 16.5. The largest absolute Gasteiger partial charge is 0.479 e. The molecule has 0 aromatic heterocycles. The molecule has 2 aromatic carbocycles. The summed E-state index contributed by atoms with van der Waals surface area (Å²) in [7, 11) is 0. The molecule has 2 rings (SSSR count). The van der Waals surface area contributed by atoms with Gasteiger partial charge >= 0.3 is 5.97 Å². The van der Waals surface area contributed by atoms with Crippen molar-refractivity contribution in [2.75, 3.05) is 5.32 Å². The number of carbonyl (C=O) groups is 2. The summed E-state index contributed by atoms with van der Waals surface area (Å²) in [5, 5.41) is 11.7. The van der Waals surface area contributed by atoms with Crippen LogP contribution in [0.15, 0.2) is 42.5 Å². The summed E-state index contributed by atoms with van der Waals surface area (Å²) in [6.45, 7) is 5.38. The summed E-state index contributed by atoms with van der Waals surface area (Å²) in [6.07, 6.45) is -0.940. The molecule has 1 atom stereocenters. The van der Waals surface area contributed by atoms with Gasteiger partial charge in [0.25, 0.3) is 5.91 Å². The van der Waals surface area contributed by atoms with E-state index in [1.165, 1.54) is 6.92 Å². The van der Waals surface area contributed by atoms with Crippen molar-refractivity contribution in [3.63, 3.8) is 0 Å². The van der Waals surface area contributed by atoms with Crippen LogP contribution in [0.3, 0.4) is 0 Å². The summed E-state index contributed by atoms with van der Waals surface area (Å²) in [5.41, 5.74) is 3.36. The molecule has 23 heavy (non-hydrogen) atoms. The summed E-state index contributed by atoms with van der Waals surface area (Å²) in [5.74, 6) is -0.862. The van der Waals surface area contributed by atoms with Crippen molar-refractivity contribution in [1.29, 1.82) is 0 Å². The number of benzene rings is 2. The average molecular weight is 313 g/mol. The smallest absolute Gasteiger partial charge is 0.344 e. The molecule has 0 heterocycles. The molecule has 0 saturated heterocycles. The molecular formula is C18H19NO4. The number of ether oxygens (including phenoxy) is 1. The molecule has 0 bridgehead atoms. The lowest BCUT2D eigenvalue weighted by molar-refractivity contribution is -0.144. The minimum Gasteiger partial charge on any atom is -0.479 e. The van der Waals surface area contributed by atoms with Crippen LogP contribution in [-0.4, -0.2) is 23.1 Å². The fraction of sp³-hybridized carbons (Fsp3) is 0.222. The predicted octanol–water partition coefficient (Wildman–Crippen LogP) is 3.41. The Kier molecular flexibility index (Phi) is 5.01. The SMILES string of the molecule is Cc1ccc(NC(=O)c2ccc(OC(C)C(=O)O)cc2)c(C)c1. The second kappa shape index (κ2) is 6.96. The van der Waals surface area contributed by atoms with Crippen molar-refractivity contribution in [2.45, 2.75) is 26.9 Å². The minimum absolute atomic E-state index is 0.227.